The number of imidazole rings is 1. The van der Waals surface area contributed by atoms with E-state index < -0.39 is 0 Å². The number of carbonyl (C=O) groups is 1. The molecule has 0 radical (unpaired) electrons. The maximum Gasteiger partial charge on any atom is 0.184 e. The first kappa shape index (κ1) is 24.8. The number of hydrogen-bond donors (Lipinski definition) is 0. The standard InChI is InChI=1S/C41H26N2O/c44-37-25-30(24-29-22-23-38-42-35-16-8-9-17-36(35)43(38)41(29)37)40-33-14-6-4-12-31(33)39(32-13-5-7-15-34(32)40)28-20-18-27(19-21-28)26-10-2-1-3-11-26/h1-24H,25H2. The van der Waals surface area contributed by atoms with Gasteiger partial charge in [0.05, 0.1) is 16.7 Å². The molecule has 0 N–H and O–H groups in total. The minimum Gasteiger partial charge on any atom is -0.292 e. The summed E-state index contributed by atoms with van der Waals surface area (Å²) in [6.07, 6.45) is 2.55. The summed E-state index contributed by atoms with van der Waals surface area (Å²) < 4.78 is 2.03. The molecule has 2 heterocycles. The van der Waals surface area contributed by atoms with Crippen LogP contribution in [0.3, 0.4) is 0 Å². The van der Waals surface area contributed by atoms with E-state index in [1.807, 2.05) is 46.9 Å². The van der Waals surface area contributed by atoms with Crippen molar-refractivity contribution in [2.24, 2.45) is 0 Å². The monoisotopic (exact) mass is 562 g/mol. The molecule has 3 heteroatoms. The van der Waals surface area contributed by atoms with Crippen molar-refractivity contribution in [1.82, 2.24) is 9.38 Å². The van der Waals surface area contributed by atoms with Gasteiger partial charge in [-0.05, 0) is 85.3 Å². The van der Waals surface area contributed by atoms with E-state index in [1.165, 1.54) is 33.0 Å². The largest absolute Gasteiger partial charge is 0.292 e. The molecule has 0 amide bonds. The number of hydrogen-bond acceptors (Lipinski definition) is 2. The normalized spacial score (nSPS) is 13.1. The third kappa shape index (κ3) is 3.69. The van der Waals surface area contributed by atoms with E-state index in [0.717, 1.165) is 44.2 Å². The lowest BCUT2D eigenvalue weighted by Gasteiger charge is -2.22. The highest BCUT2D eigenvalue weighted by molar-refractivity contribution is 6.23. The predicted molar refractivity (Wildman–Crippen MR) is 182 cm³/mol. The lowest BCUT2D eigenvalue weighted by molar-refractivity contribution is 0.0991. The van der Waals surface area contributed by atoms with E-state index in [4.69, 9.17) is 4.98 Å². The number of nitrogens with zero attached hydrogens (tertiary/aromatic N) is 2. The average Bonchev–Trinajstić information content (AvgIpc) is 3.46. The number of para-hydroxylation sites is 2. The summed E-state index contributed by atoms with van der Waals surface area (Å²) in [4.78, 5) is 18.8. The van der Waals surface area contributed by atoms with Gasteiger partial charge in [-0.1, -0.05) is 115 Å². The van der Waals surface area contributed by atoms with Gasteiger partial charge in [0.25, 0.3) is 0 Å². The molecule has 1 aliphatic carbocycles. The van der Waals surface area contributed by atoms with Crippen molar-refractivity contribution in [2.75, 3.05) is 0 Å². The van der Waals surface area contributed by atoms with E-state index >= 15 is 0 Å². The Morgan fingerprint density at radius 1 is 0.523 bits per heavy atom. The molecule has 8 aromatic rings. The fraction of sp³-hybridized carbons (Fsp3) is 0.0244. The zero-order valence-corrected chi connectivity index (χ0v) is 23.9. The highest BCUT2D eigenvalue weighted by Crippen LogP contribution is 2.44. The van der Waals surface area contributed by atoms with Gasteiger partial charge in [0.1, 0.15) is 5.65 Å². The molecule has 0 atom stereocenters. The summed E-state index contributed by atoms with van der Waals surface area (Å²) in [5, 5.41) is 4.68. The number of allylic oxidation sites excluding steroid dienone is 1. The Hall–Kier alpha value is -5.80. The Bertz CT molecular complexity index is 2410. The second-order valence-corrected chi connectivity index (χ2v) is 11.5. The molecule has 9 rings (SSSR count). The first-order valence-electron chi connectivity index (χ1n) is 15.0. The van der Waals surface area contributed by atoms with Crippen LogP contribution in [0.5, 0.6) is 0 Å². The summed E-state index contributed by atoms with van der Waals surface area (Å²) in [5.41, 5.74) is 11.3. The Labute approximate surface area is 254 Å². The average molecular weight is 563 g/mol. The molecule has 6 aromatic carbocycles. The number of aromatic nitrogens is 2. The number of rotatable bonds is 3. The summed E-state index contributed by atoms with van der Waals surface area (Å²) in [7, 11) is 0. The van der Waals surface area contributed by atoms with Gasteiger partial charge in [0, 0.05) is 12.0 Å². The molecule has 0 unspecified atom stereocenters. The molecule has 0 bridgehead atoms. The van der Waals surface area contributed by atoms with Crippen LogP contribution in [0.1, 0.15) is 28.0 Å². The van der Waals surface area contributed by atoms with Crippen LogP contribution >= 0.6 is 0 Å². The second kappa shape index (κ2) is 9.62. The van der Waals surface area contributed by atoms with Gasteiger partial charge in [-0.2, -0.15) is 0 Å². The first-order valence-corrected chi connectivity index (χ1v) is 15.0. The third-order valence-corrected chi connectivity index (χ3v) is 8.97. The van der Waals surface area contributed by atoms with E-state index in [9.17, 15) is 4.79 Å². The number of benzene rings is 6. The number of fused-ring (bicyclic) bond motifs is 7. The van der Waals surface area contributed by atoms with Crippen LogP contribution in [0, 0.1) is 0 Å². The van der Waals surface area contributed by atoms with Gasteiger partial charge < -0.3 is 0 Å². The van der Waals surface area contributed by atoms with Gasteiger partial charge in [-0.25, -0.2) is 4.98 Å². The maximum absolute atomic E-state index is 14.0. The highest BCUT2D eigenvalue weighted by Gasteiger charge is 2.26. The SMILES string of the molecule is O=C1CC(c2c3ccccc3c(-c3ccc(-c4ccccc4)cc3)c3ccccc23)=Cc2ccc3nc4ccccc4n3c21. The van der Waals surface area contributed by atoms with Crippen LogP contribution < -0.4 is 0 Å². The van der Waals surface area contributed by atoms with Crippen LogP contribution in [0.4, 0.5) is 0 Å². The zero-order chi connectivity index (χ0) is 29.2. The molecule has 1 aliphatic rings. The van der Waals surface area contributed by atoms with Gasteiger partial charge in [0.2, 0.25) is 0 Å². The van der Waals surface area contributed by atoms with Crippen molar-refractivity contribution in [2.45, 2.75) is 6.42 Å². The minimum atomic E-state index is 0.111. The van der Waals surface area contributed by atoms with Gasteiger partial charge in [-0.15, -0.1) is 0 Å². The summed E-state index contributed by atoms with van der Waals surface area (Å²) in [6, 6.07) is 48.7. The molecule has 0 saturated carbocycles. The van der Waals surface area contributed by atoms with Gasteiger partial charge >= 0.3 is 0 Å². The number of ketones is 1. The zero-order valence-electron chi connectivity index (χ0n) is 23.9. The van der Waals surface area contributed by atoms with Crippen molar-refractivity contribution in [3.63, 3.8) is 0 Å². The summed E-state index contributed by atoms with van der Waals surface area (Å²) in [5.74, 6) is 0.111. The molecular weight excluding hydrogens is 536 g/mol. The first-order chi connectivity index (χ1) is 21.7. The molecule has 44 heavy (non-hydrogen) atoms. The molecule has 3 nitrogen and oxygen atoms in total. The van der Waals surface area contributed by atoms with Crippen molar-refractivity contribution < 1.29 is 4.79 Å². The number of pyridine rings is 1. The number of carbonyl (C=O) groups excluding carboxylic acids is 1. The molecular formula is C41H26N2O. The molecule has 2 aromatic heterocycles. The van der Waals surface area contributed by atoms with Gasteiger partial charge in [0.15, 0.2) is 5.78 Å². The van der Waals surface area contributed by atoms with Crippen molar-refractivity contribution in [1.29, 1.82) is 0 Å². The Balaban J connectivity index is 1.28. The number of Topliss-reactive ketones (excluding diaryl/α,β-unsaturated/α-hetero) is 1. The molecule has 0 fully saturated rings. The fourth-order valence-corrected chi connectivity index (χ4v) is 7.07. The van der Waals surface area contributed by atoms with E-state index in [0.29, 0.717) is 12.1 Å². The topological polar surface area (TPSA) is 34.4 Å². The van der Waals surface area contributed by atoms with Crippen molar-refractivity contribution >= 4 is 55.7 Å². The molecule has 0 aliphatic heterocycles. The van der Waals surface area contributed by atoms with Gasteiger partial charge in [-0.3, -0.25) is 9.20 Å². The van der Waals surface area contributed by atoms with E-state index in [-0.39, 0.29) is 5.78 Å². The van der Waals surface area contributed by atoms with E-state index in [1.54, 1.807) is 0 Å². The quantitative estimate of drug-likeness (QED) is 0.201. The Morgan fingerprint density at radius 3 is 1.80 bits per heavy atom. The maximum atomic E-state index is 14.0. The lowest BCUT2D eigenvalue weighted by Crippen LogP contribution is -2.13. The van der Waals surface area contributed by atoms with E-state index in [2.05, 4.69) is 103 Å². The second-order valence-electron chi connectivity index (χ2n) is 11.5. The van der Waals surface area contributed by atoms with Crippen molar-refractivity contribution in [3.8, 4) is 22.3 Å². The van der Waals surface area contributed by atoms with Crippen LogP contribution in [0.15, 0.2) is 140 Å². The molecule has 0 saturated heterocycles. The minimum absolute atomic E-state index is 0.111. The Morgan fingerprint density at radius 2 is 1.09 bits per heavy atom. The van der Waals surface area contributed by atoms with Crippen LogP contribution in [-0.2, 0) is 0 Å². The Kier molecular flexibility index (Phi) is 5.41. The summed E-state index contributed by atoms with van der Waals surface area (Å²) in [6.45, 7) is 0. The third-order valence-electron chi connectivity index (χ3n) is 8.97. The highest BCUT2D eigenvalue weighted by atomic mass is 16.1. The fourth-order valence-electron chi connectivity index (χ4n) is 7.07. The molecule has 0 spiro atoms. The van der Waals surface area contributed by atoms with Crippen LogP contribution in [0.25, 0.3) is 72.1 Å². The predicted octanol–water partition coefficient (Wildman–Crippen LogP) is 10.3. The van der Waals surface area contributed by atoms with Crippen molar-refractivity contribution in [3.05, 3.63) is 156 Å². The molecule has 206 valence electrons. The summed E-state index contributed by atoms with van der Waals surface area (Å²) >= 11 is 0. The smallest absolute Gasteiger partial charge is 0.184 e. The van der Waals surface area contributed by atoms with Crippen LogP contribution in [0.2, 0.25) is 0 Å². The lowest BCUT2D eigenvalue weighted by atomic mass is 9.82. The van der Waals surface area contributed by atoms with Crippen LogP contribution in [-0.4, -0.2) is 15.2 Å².